The number of halogens is 1. The largest absolute Gasteiger partial charge is 0.443 e. The summed E-state index contributed by atoms with van der Waals surface area (Å²) in [5, 5.41) is 20.6. The molecule has 4 heterocycles. The highest BCUT2D eigenvalue weighted by Gasteiger charge is 2.27. The van der Waals surface area contributed by atoms with Crippen LogP contribution in [0.5, 0.6) is 0 Å². The summed E-state index contributed by atoms with van der Waals surface area (Å²) in [4.78, 5) is 37.2. The molecule has 0 bridgehead atoms. The third kappa shape index (κ3) is 5.52. The zero-order chi connectivity index (χ0) is 27.7. The molecule has 0 aliphatic carbocycles. The van der Waals surface area contributed by atoms with Crippen LogP contribution in [0.2, 0.25) is 0 Å². The first-order valence-corrected chi connectivity index (χ1v) is 11.9. The average molecular weight is 533 g/mol. The molecule has 0 fully saturated rings. The maximum atomic E-state index is 14.3. The van der Waals surface area contributed by atoms with E-state index < -0.39 is 30.1 Å². The summed E-state index contributed by atoms with van der Waals surface area (Å²) in [6.07, 6.45) is 4.16. The van der Waals surface area contributed by atoms with E-state index in [4.69, 9.17) is 10.2 Å². The first kappa shape index (κ1) is 25.7. The highest BCUT2D eigenvalue weighted by molar-refractivity contribution is 6.00. The number of amides is 2. The van der Waals surface area contributed by atoms with Crippen molar-refractivity contribution in [2.75, 3.05) is 11.9 Å². The Hall–Kier alpha value is -4.91. The second-order valence-electron chi connectivity index (χ2n) is 9.54. The van der Waals surface area contributed by atoms with E-state index in [1.54, 1.807) is 36.5 Å². The van der Waals surface area contributed by atoms with Crippen LogP contribution in [-0.4, -0.2) is 60.0 Å². The van der Waals surface area contributed by atoms with Crippen molar-refractivity contribution in [3.63, 3.8) is 0 Å². The van der Waals surface area contributed by atoms with E-state index in [2.05, 4.69) is 30.7 Å². The maximum Gasteiger partial charge on any atom is 0.255 e. The van der Waals surface area contributed by atoms with Crippen molar-refractivity contribution in [3.8, 4) is 5.82 Å². The first-order valence-electron chi connectivity index (χ1n) is 11.9. The number of fused-ring (bicyclic) bond motifs is 2. The van der Waals surface area contributed by atoms with Gasteiger partial charge in [0.25, 0.3) is 5.91 Å². The second-order valence-corrected chi connectivity index (χ2v) is 9.54. The number of hydrogen-bond acceptors (Lipinski definition) is 9. The highest BCUT2D eigenvalue weighted by atomic mass is 19.1. The van der Waals surface area contributed by atoms with Crippen molar-refractivity contribution in [2.45, 2.75) is 32.0 Å². The van der Waals surface area contributed by atoms with Crippen LogP contribution in [0.4, 0.5) is 15.8 Å². The lowest BCUT2D eigenvalue weighted by atomic mass is 10.0. The molecule has 0 saturated heterocycles. The number of aromatic nitrogens is 5. The van der Waals surface area contributed by atoms with Crippen LogP contribution >= 0.6 is 0 Å². The lowest BCUT2D eigenvalue weighted by Gasteiger charge is -2.22. The minimum atomic E-state index is -1.68. The van der Waals surface area contributed by atoms with Gasteiger partial charge in [0.15, 0.2) is 23.4 Å². The zero-order valence-electron chi connectivity index (χ0n) is 21.1. The molecule has 200 valence electrons. The Kier molecular flexibility index (Phi) is 6.66. The molecule has 5 aromatic rings. The van der Waals surface area contributed by atoms with Gasteiger partial charge in [0, 0.05) is 35.6 Å². The summed E-state index contributed by atoms with van der Waals surface area (Å²) < 4.78 is 21.2. The number of pyridine rings is 2. The van der Waals surface area contributed by atoms with E-state index in [1.165, 1.54) is 37.3 Å². The van der Waals surface area contributed by atoms with Crippen LogP contribution in [-0.2, 0) is 11.2 Å². The maximum absolute atomic E-state index is 14.3. The summed E-state index contributed by atoms with van der Waals surface area (Å²) in [5.41, 5.74) is 7.09. The first-order chi connectivity index (χ1) is 18.6. The molecule has 13 heteroatoms. The van der Waals surface area contributed by atoms with Gasteiger partial charge in [0.2, 0.25) is 5.91 Å². The van der Waals surface area contributed by atoms with Gasteiger partial charge in [0.05, 0.1) is 36.0 Å². The Morgan fingerprint density at radius 1 is 1.15 bits per heavy atom. The number of nitrogens with one attached hydrogen (secondary N) is 2. The number of primary amides is 1. The SMILES string of the molecule is CC(C)(O)[C@H](F)CNC(=O)c1cnc(-n2ncc3cc(CC(N)=O)cnc32)cc1Nc1ccc2ncoc2c1. The molecule has 0 radical (unpaired) electrons. The number of anilines is 2. The minimum absolute atomic E-state index is 0.0486. The number of carbonyl (C=O) groups is 2. The van der Waals surface area contributed by atoms with Gasteiger partial charge in [-0.15, -0.1) is 0 Å². The Balaban J connectivity index is 1.51. The van der Waals surface area contributed by atoms with Crippen molar-refractivity contribution in [1.82, 2.24) is 30.0 Å². The Morgan fingerprint density at radius 2 is 1.97 bits per heavy atom. The lowest BCUT2D eigenvalue weighted by Crippen LogP contribution is -2.42. The monoisotopic (exact) mass is 532 g/mol. The fourth-order valence-corrected chi connectivity index (χ4v) is 3.89. The van der Waals surface area contributed by atoms with Gasteiger partial charge in [0.1, 0.15) is 11.7 Å². The average Bonchev–Trinajstić information content (AvgIpc) is 3.52. The van der Waals surface area contributed by atoms with E-state index in [0.29, 0.717) is 44.9 Å². The normalized spacial score (nSPS) is 12.5. The van der Waals surface area contributed by atoms with Crippen LogP contribution in [0, 0.1) is 0 Å². The molecule has 1 aromatic carbocycles. The molecule has 0 unspecified atom stereocenters. The Bertz CT molecular complexity index is 1690. The third-order valence-electron chi connectivity index (χ3n) is 6.01. The van der Waals surface area contributed by atoms with Crippen molar-refractivity contribution in [2.24, 2.45) is 5.73 Å². The summed E-state index contributed by atoms with van der Waals surface area (Å²) in [5.74, 6) is -0.719. The Morgan fingerprint density at radius 3 is 2.74 bits per heavy atom. The van der Waals surface area contributed by atoms with Gasteiger partial charge in [-0.25, -0.2) is 19.3 Å². The Labute approximate surface area is 221 Å². The van der Waals surface area contributed by atoms with E-state index >= 15 is 0 Å². The molecule has 4 aromatic heterocycles. The summed E-state index contributed by atoms with van der Waals surface area (Å²) >= 11 is 0. The van der Waals surface area contributed by atoms with Crippen molar-refractivity contribution in [3.05, 3.63) is 66.4 Å². The van der Waals surface area contributed by atoms with Gasteiger partial charge >= 0.3 is 0 Å². The zero-order valence-corrected chi connectivity index (χ0v) is 21.1. The molecule has 5 rings (SSSR count). The molecule has 5 N–H and O–H groups in total. The number of hydrogen-bond donors (Lipinski definition) is 4. The van der Waals surface area contributed by atoms with Gasteiger partial charge in [-0.05, 0) is 37.6 Å². The van der Waals surface area contributed by atoms with Gasteiger partial charge in [-0.3, -0.25) is 9.59 Å². The third-order valence-corrected chi connectivity index (χ3v) is 6.01. The standard InChI is InChI=1S/C26H25FN8O4/c1-26(2,38)21(27)12-31-25(37)17-11-29-23(8-19(17)34-16-3-4-18-20(7-16)39-13-32-18)35-24-15(10-33-35)5-14(9-30-24)6-22(28)36/h3-5,7-11,13,21,38H,6,12H2,1-2H3,(H2,28,36)(H,29,34)(H,31,37)/t21-/m1/s1. The molecule has 0 aliphatic heterocycles. The van der Waals surface area contributed by atoms with Crippen molar-refractivity contribution < 1.29 is 23.5 Å². The fourth-order valence-electron chi connectivity index (χ4n) is 3.89. The molecular formula is C26H25FN8O4. The van der Waals surface area contributed by atoms with E-state index in [-0.39, 0.29) is 12.0 Å². The van der Waals surface area contributed by atoms with E-state index in [0.717, 1.165) is 0 Å². The molecule has 39 heavy (non-hydrogen) atoms. The van der Waals surface area contributed by atoms with Crippen molar-refractivity contribution in [1.29, 1.82) is 0 Å². The molecule has 2 amide bonds. The number of alkyl halides is 1. The van der Waals surface area contributed by atoms with Gasteiger partial charge < -0.3 is 25.9 Å². The van der Waals surface area contributed by atoms with Crippen LogP contribution in [0.1, 0.15) is 29.8 Å². The molecule has 0 aliphatic rings. The van der Waals surface area contributed by atoms with Crippen molar-refractivity contribution >= 4 is 45.3 Å². The highest BCUT2D eigenvalue weighted by Crippen LogP contribution is 2.27. The van der Waals surface area contributed by atoms with Crippen LogP contribution in [0.3, 0.4) is 0 Å². The second kappa shape index (κ2) is 10.1. The molecule has 0 spiro atoms. The molecule has 1 atom stereocenters. The van der Waals surface area contributed by atoms with E-state index in [9.17, 15) is 19.1 Å². The molecular weight excluding hydrogens is 507 g/mol. The topological polar surface area (TPSA) is 174 Å². The minimum Gasteiger partial charge on any atom is -0.443 e. The van der Waals surface area contributed by atoms with Gasteiger partial charge in [-0.2, -0.15) is 9.78 Å². The smallest absolute Gasteiger partial charge is 0.255 e. The number of oxazole rings is 1. The number of aliphatic hydroxyl groups is 1. The van der Waals surface area contributed by atoms with Crippen LogP contribution in [0.15, 0.2) is 59.7 Å². The predicted molar refractivity (Wildman–Crippen MR) is 140 cm³/mol. The predicted octanol–water partition coefficient (Wildman–Crippen LogP) is 2.57. The van der Waals surface area contributed by atoms with Gasteiger partial charge in [-0.1, -0.05) is 0 Å². The fraction of sp³-hybridized carbons (Fsp3) is 0.231. The summed E-state index contributed by atoms with van der Waals surface area (Å²) in [7, 11) is 0. The number of benzene rings is 1. The molecule has 0 saturated carbocycles. The number of nitrogens with two attached hydrogens (primary N) is 1. The number of rotatable bonds is 9. The molecule has 12 nitrogen and oxygen atoms in total. The quantitative estimate of drug-likeness (QED) is 0.222. The van der Waals surface area contributed by atoms with E-state index in [1.807, 2.05) is 0 Å². The number of carbonyl (C=O) groups excluding carboxylic acids is 2. The summed E-state index contributed by atoms with van der Waals surface area (Å²) in [6, 6.07) is 8.62. The van der Waals surface area contributed by atoms with Crippen LogP contribution in [0.25, 0.3) is 28.0 Å². The number of nitrogens with zero attached hydrogens (tertiary/aromatic N) is 5. The van der Waals surface area contributed by atoms with Crippen LogP contribution < -0.4 is 16.4 Å². The lowest BCUT2D eigenvalue weighted by molar-refractivity contribution is -0.117. The summed E-state index contributed by atoms with van der Waals surface area (Å²) in [6.45, 7) is 2.26.